The van der Waals surface area contributed by atoms with Crippen LogP contribution in [0, 0.1) is 0 Å². The van der Waals surface area contributed by atoms with Crippen molar-refractivity contribution in [2.24, 2.45) is 0 Å². The highest BCUT2D eigenvalue weighted by atomic mass is 16.5. The molecule has 4 nitrogen and oxygen atoms in total. The molecule has 2 aromatic carbocycles. The Balaban J connectivity index is 1.44. The summed E-state index contributed by atoms with van der Waals surface area (Å²) in [5.74, 6) is 0. The molecule has 138 valence electrons. The predicted molar refractivity (Wildman–Crippen MR) is 102 cm³/mol. The molecule has 2 aromatic rings. The van der Waals surface area contributed by atoms with Crippen LogP contribution in [0.5, 0.6) is 0 Å². The summed E-state index contributed by atoms with van der Waals surface area (Å²) in [6.45, 7) is 6.05. The largest absolute Gasteiger partial charge is 0.379 e. The quantitative estimate of drug-likeness (QED) is 0.890. The van der Waals surface area contributed by atoms with Crippen molar-refractivity contribution < 1.29 is 14.2 Å². The molecule has 0 saturated carbocycles. The van der Waals surface area contributed by atoms with Gasteiger partial charge in [0.15, 0.2) is 0 Å². The lowest BCUT2D eigenvalue weighted by Gasteiger charge is -2.30. The Bertz CT molecular complexity index is 710. The van der Waals surface area contributed by atoms with Crippen LogP contribution < -0.4 is 5.32 Å². The van der Waals surface area contributed by atoms with Gasteiger partial charge in [-0.25, -0.2) is 0 Å². The van der Waals surface area contributed by atoms with Crippen LogP contribution in [0.25, 0.3) is 11.1 Å². The molecular formula is C22H27NO3. The molecular weight excluding hydrogens is 326 g/mol. The summed E-state index contributed by atoms with van der Waals surface area (Å²) in [7, 11) is 0. The van der Waals surface area contributed by atoms with Gasteiger partial charge in [-0.05, 0) is 41.7 Å². The molecule has 0 aliphatic carbocycles. The van der Waals surface area contributed by atoms with Crippen molar-refractivity contribution in [2.75, 3.05) is 26.4 Å². The monoisotopic (exact) mass is 353 g/mol. The summed E-state index contributed by atoms with van der Waals surface area (Å²) in [6, 6.07) is 17.7. The summed E-state index contributed by atoms with van der Waals surface area (Å²) >= 11 is 0. The molecule has 0 aromatic heterocycles. The van der Waals surface area contributed by atoms with E-state index in [1.54, 1.807) is 0 Å². The maximum absolute atomic E-state index is 5.94. The van der Waals surface area contributed by atoms with Gasteiger partial charge in [-0.2, -0.15) is 0 Å². The molecule has 0 spiro atoms. The van der Waals surface area contributed by atoms with Gasteiger partial charge in [0.05, 0.1) is 32.0 Å². The first-order chi connectivity index (χ1) is 12.8. The third-order valence-electron chi connectivity index (χ3n) is 5.19. The van der Waals surface area contributed by atoms with Crippen molar-refractivity contribution in [1.82, 2.24) is 5.32 Å². The third-order valence-corrected chi connectivity index (χ3v) is 5.19. The second-order valence-electron chi connectivity index (χ2n) is 7.15. The van der Waals surface area contributed by atoms with E-state index in [1.807, 2.05) is 0 Å². The third kappa shape index (κ3) is 4.15. The van der Waals surface area contributed by atoms with Crippen molar-refractivity contribution in [1.29, 1.82) is 0 Å². The number of hydrogen-bond donors (Lipinski definition) is 1. The fourth-order valence-corrected chi connectivity index (χ4v) is 3.67. The summed E-state index contributed by atoms with van der Waals surface area (Å²) in [6.07, 6.45) is 1.37. The molecule has 2 fully saturated rings. The molecule has 2 aliphatic rings. The van der Waals surface area contributed by atoms with E-state index >= 15 is 0 Å². The summed E-state index contributed by atoms with van der Waals surface area (Å²) < 4.78 is 17.2. The normalized spacial score (nSPS) is 26.1. The Morgan fingerprint density at radius 1 is 1.08 bits per heavy atom. The van der Waals surface area contributed by atoms with Gasteiger partial charge in [0, 0.05) is 19.2 Å². The van der Waals surface area contributed by atoms with Crippen LogP contribution in [0.3, 0.4) is 0 Å². The summed E-state index contributed by atoms with van der Waals surface area (Å²) in [5, 5.41) is 3.47. The molecule has 1 unspecified atom stereocenters. The van der Waals surface area contributed by atoms with Gasteiger partial charge < -0.3 is 19.5 Å². The summed E-state index contributed by atoms with van der Waals surface area (Å²) in [5.41, 5.74) is 4.87. The Morgan fingerprint density at radius 3 is 2.73 bits per heavy atom. The highest BCUT2D eigenvalue weighted by Gasteiger charge is 2.23. The lowest BCUT2D eigenvalue weighted by Crippen LogP contribution is -2.41. The zero-order valence-corrected chi connectivity index (χ0v) is 15.3. The average Bonchev–Trinajstić information content (AvgIpc) is 3.21. The Morgan fingerprint density at radius 2 is 1.96 bits per heavy atom. The molecule has 4 rings (SSSR count). The van der Waals surface area contributed by atoms with Gasteiger partial charge in [0.2, 0.25) is 0 Å². The van der Waals surface area contributed by atoms with E-state index in [4.69, 9.17) is 14.2 Å². The Kier molecular flexibility index (Phi) is 5.65. The molecule has 4 heteroatoms. The Labute approximate surface area is 155 Å². The van der Waals surface area contributed by atoms with E-state index in [0.717, 1.165) is 32.8 Å². The van der Waals surface area contributed by atoms with Gasteiger partial charge in [-0.15, -0.1) is 0 Å². The SMILES string of the molecule is C[C@@H]1NCCO[C@H]1c1ccc(-c2cccc(COC3CCOC3)c2)cc1. The molecule has 1 N–H and O–H groups in total. The molecule has 3 atom stereocenters. The number of morpholine rings is 1. The highest BCUT2D eigenvalue weighted by molar-refractivity contribution is 5.64. The fraction of sp³-hybridized carbons (Fsp3) is 0.455. The molecule has 2 aliphatic heterocycles. The van der Waals surface area contributed by atoms with Gasteiger partial charge >= 0.3 is 0 Å². The molecule has 26 heavy (non-hydrogen) atoms. The number of rotatable bonds is 5. The molecule has 0 radical (unpaired) electrons. The van der Waals surface area contributed by atoms with E-state index in [9.17, 15) is 0 Å². The molecule has 0 bridgehead atoms. The van der Waals surface area contributed by atoms with Gasteiger partial charge in [0.25, 0.3) is 0 Å². The smallest absolute Gasteiger partial charge is 0.0975 e. The maximum Gasteiger partial charge on any atom is 0.0975 e. The van der Waals surface area contributed by atoms with E-state index in [1.165, 1.54) is 22.3 Å². The van der Waals surface area contributed by atoms with E-state index in [2.05, 4.69) is 60.8 Å². The zero-order chi connectivity index (χ0) is 17.8. The zero-order valence-electron chi connectivity index (χ0n) is 15.3. The standard InChI is InChI=1S/C22H27NO3/c1-16-22(25-12-10-23-16)19-7-5-18(6-8-19)20-4-2-3-17(13-20)14-26-21-9-11-24-15-21/h2-8,13,16,21-23H,9-12,14-15H2,1H3/t16-,21?,22+/m0/s1. The number of benzene rings is 2. The molecule has 2 heterocycles. The van der Waals surface area contributed by atoms with Crippen LogP contribution in [0.1, 0.15) is 30.6 Å². The first-order valence-corrected chi connectivity index (χ1v) is 9.53. The highest BCUT2D eigenvalue weighted by Crippen LogP contribution is 2.27. The van der Waals surface area contributed by atoms with E-state index in [0.29, 0.717) is 12.6 Å². The van der Waals surface area contributed by atoms with Crippen molar-refractivity contribution in [3.05, 3.63) is 59.7 Å². The fourth-order valence-electron chi connectivity index (χ4n) is 3.67. The lowest BCUT2D eigenvalue weighted by atomic mass is 9.97. The van der Waals surface area contributed by atoms with Crippen LogP contribution in [0.15, 0.2) is 48.5 Å². The second kappa shape index (κ2) is 8.31. The average molecular weight is 353 g/mol. The van der Waals surface area contributed by atoms with Crippen LogP contribution in [-0.2, 0) is 20.8 Å². The van der Waals surface area contributed by atoms with E-state index < -0.39 is 0 Å². The van der Waals surface area contributed by atoms with Crippen molar-refractivity contribution in [2.45, 2.75) is 38.2 Å². The molecule has 2 saturated heterocycles. The van der Waals surface area contributed by atoms with Gasteiger partial charge in [-0.1, -0.05) is 42.5 Å². The molecule has 0 amide bonds. The van der Waals surface area contributed by atoms with Crippen LogP contribution in [0.4, 0.5) is 0 Å². The van der Waals surface area contributed by atoms with Crippen molar-refractivity contribution in [3.63, 3.8) is 0 Å². The Hall–Kier alpha value is -1.72. The van der Waals surface area contributed by atoms with Crippen LogP contribution >= 0.6 is 0 Å². The minimum Gasteiger partial charge on any atom is -0.379 e. The number of nitrogens with one attached hydrogen (secondary N) is 1. The first-order valence-electron chi connectivity index (χ1n) is 9.53. The van der Waals surface area contributed by atoms with Crippen molar-refractivity contribution in [3.8, 4) is 11.1 Å². The van der Waals surface area contributed by atoms with Gasteiger partial charge in [0.1, 0.15) is 0 Å². The first kappa shape index (κ1) is 17.7. The van der Waals surface area contributed by atoms with Crippen LogP contribution in [-0.4, -0.2) is 38.5 Å². The minimum absolute atomic E-state index is 0.131. The van der Waals surface area contributed by atoms with Crippen LogP contribution in [0.2, 0.25) is 0 Å². The maximum atomic E-state index is 5.94. The summed E-state index contributed by atoms with van der Waals surface area (Å²) in [4.78, 5) is 0. The predicted octanol–water partition coefficient (Wildman–Crippen LogP) is 3.71. The number of ether oxygens (including phenoxy) is 3. The number of hydrogen-bond acceptors (Lipinski definition) is 4. The topological polar surface area (TPSA) is 39.7 Å². The lowest BCUT2D eigenvalue weighted by molar-refractivity contribution is -0.000215. The second-order valence-corrected chi connectivity index (χ2v) is 7.15. The minimum atomic E-state index is 0.131. The van der Waals surface area contributed by atoms with Gasteiger partial charge in [-0.3, -0.25) is 0 Å². The van der Waals surface area contributed by atoms with Crippen molar-refractivity contribution >= 4 is 0 Å². The van der Waals surface area contributed by atoms with E-state index in [-0.39, 0.29) is 12.2 Å².